The second-order valence-corrected chi connectivity index (χ2v) is 5.71. The third kappa shape index (κ3) is 3.78. The Hall–Kier alpha value is -0.940. The largest absolute Gasteiger partial charge is 0.320 e. The van der Waals surface area contributed by atoms with Gasteiger partial charge in [0.25, 0.3) is 0 Å². The summed E-state index contributed by atoms with van der Waals surface area (Å²) < 4.78 is 1.97. The van der Waals surface area contributed by atoms with Crippen LogP contribution in [0.1, 0.15) is 32.5 Å². The van der Waals surface area contributed by atoms with E-state index in [0.717, 1.165) is 18.3 Å². The first-order valence-electron chi connectivity index (χ1n) is 6.93. The zero-order valence-corrected chi connectivity index (χ0v) is 11.8. The van der Waals surface area contributed by atoms with Crippen LogP contribution in [-0.4, -0.2) is 45.3 Å². The second-order valence-electron chi connectivity index (χ2n) is 5.71. The van der Waals surface area contributed by atoms with Gasteiger partial charge in [-0.3, -0.25) is 0 Å². The van der Waals surface area contributed by atoms with Gasteiger partial charge in [0.15, 0.2) is 0 Å². The van der Waals surface area contributed by atoms with Crippen LogP contribution in [0, 0.1) is 5.92 Å². The SMILES string of the molecule is CC(C)CN1CCC(NCc2nncn2C)CC1. The number of hydrogen-bond acceptors (Lipinski definition) is 4. The molecular formula is C13H25N5. The average Bonchev–Trinajstić information content (AvgIpc) is 2.73. The van der Waals surface area contributed by atoms with E-state index in [9.17, 15) is 0 Å². The summed E-state index contributed by atoms with van der Waals surface area (Å²) in [7, 11) is 1.99. The molecule has 0 atom stereocenters. The smallest absolute Gasteiger partial charge is 0.146 e. The Morgan fingerprint density at radius 3 is 2.67 bits per heavy atom. The molecule has 0 aromatic carbocycles. The highest BCUT2D eigenvalue weighted by Gasteiger charge is 2.19. The summed E-state index contributed by atoms with van der Waals surface area (Å²) >= 11 is 0. The highest BCUT2D eigenvalue weighted by Crippen LogP contribution is 2.12. The molecule has 1 fully saturated rings. The molecule has 2 heterocycles. The van der Waals surface area contributed by atoms with Crippen LogP contribution in [0.3, 0.4) is 0 Å². The lowest BCUT2D eigenvalue weighted by Gasteiger charge is -2.33. The minimum Gasteiger partial charge on any atom is -0.320 e. The van der Waals surface area contributed by atoms with E-state index in [1.165, 1.54) is 32.5 Å². The van der Waals surface area contributed by atoms with E-state index in [1.54, 1.807) is 6.33 Å². The lowest BCUT2D eigenvalue weighted by atomic mass is 10.0. The molecule has 0 amide bonds. The summed E-state index contributed by atoms with van der Waals surface area (Å²) in [5, 5.41) is 11.6. The first kappa shape index (κ1) is 13.5. The molecule has 1 N–H and O–H groups in total. The second kappa shape index (κ2) is 6.29. The van der Waals surface area contributed by atoms with Gasteiger partial charge in [0.2, 0.25) is 0 Å². The van der Waals surface area contributed by atoms with Crippen LogP contribution in [0.5, 0.6) is 0 Å². The zero-order chi connectivity index (χ0) is 13.0. The molecule has 0 radical (unpaired) electrons. The molecule has 1 aliphatic rings. The highest BCUT2D eigenvalue weighted by molar-refractivity contribution is 4.86. The Labute approximate surface area is 110 Å². The molecule has 1 aliphatic heterocycles. The van der Waals surface area contributed by atoms with Crippen molar-refractivity contribution in [2.24, 2.45) is 13.0 Å². The van der Waals surface area contributed by atoms with Crippen LogP contribution < -0.4 is 5.32 Å². The molecule has 1 aromatic rings. The Bertz CT molecular complexity index is 352. The van der Waals surface area contributed by atoms with Gasteiger partial charge in [-0.25, -0.2) is 0 Å². The van der Waals surface area contributed by atoms with Crippen molar-refractivity contribution in [1.29, 1.82) is 0 Å². The number of likely N-dealkylation sites (tertiary alicyclic amines) is 1. The lowest BCUT2D eigenvalue weighted by Crippen LogP contribution is -2.43. The summed E-state index contributed by atoms with van der Waals surface area (Å²) in [6.07, 6.45) is 4.23. The van der Waals surface area contributed by atoms with Crippen molar-refractivity contribution in [2.45, 2.75) is 39.3 Å². The van der Waals surface area contributed by atoms with E-state index in [1.807, 2.05) is 11.6 Å². The quantitative estimate of drug-likeness (QED) is 0.849. The molecule has 5 nitrogen and oxygen atoms in total. The topological polar surface area (TPSA) is 46.0 Å². The molecule has 18 heavy (non-hydrogen) atoms. The minimum atomic E-state index is 0.630. The van der Waals surface area contributed by atoms with Gasteiger partial charge < -0.3 is 14.8 Å². The monoisotopic (exact) mass is 251 g/mol. The lowest BCUT2D eigenvalue weighted by molar-refractivity contribution is 0.179. The molecular weight excluding hydrogens is 226 g/mol. The summed E-state index contributed by atoms with van der Waals surface area (Å²) in [4.78, 5) is 2.57. The van der Waals surface area contributed by atoms with Gasteiger partial charge in [-0.05, 0) is 31.8 Å². The number of nitrogens with one attached hydrogen (secondary N) is 1. The van der Waals surface area contributed by atoms with E-state index in [4.69, 9.17) is 0 Å². The summed E-state index contributed by atoms with van der Waals surface area (Å²) in [6.45, 7) is 9.07. The first-order chi connectivity index (χ1) is 8.65. The maximum Gasteiger partial charge on any atom is 0.146 e. The predicted molar refractivity (Wildman–Crippen MR) is 72.1 cm³/mol. The van der Waals surface area contributed by atoms with Crippen LogP contribution in [0.4, 0.5) is 0 Å². The van der Waals surface area contributed by atoms with Crippen molar-refractivity contribution in [1.82, 2.24) is 25.0 Å². The van der Waals surface area contributed by atoms with Crippen molar-refractivity contribution in [3.8, 4) is 0 Å². The average molecular weight is 251 g/mol. The van der Waals surface area contributed by atoms with Crippen LogP contribution in [0.25, 0.3) is 0 Å². The maximum atomic E-state index is 4.09. The van der Waals surface area contributed by atoms with Gasteiger partial charge in [-0.1, -0.05) is 13.8 Å². The number of piperidine rings is 1. The van der Waals surface area contributed by atoms with Crippen molar-refractivity contribution in [3.63, 3.8) is 0 Å². The normalized spacial score (nSPS) is 18.7. The molecule has 1 saturated heterocycles. The Balaban J connectivity index is 1.69. The fourth-order valence-electron chi connectivity index (χ4n) is 2.54. The summed E-state index contributed by atoms with van der Waals surface area (Å²) in [5.74, 6) is 1.78. The predicted octanol–water partition coefficient (Wildman–Crippen LogP) is 1.03. The van der Waals surface area contributed by atoms with Gasteiger partial charge >= 0.3 is 0 Å². The fraction of sp³-hybridized carbons (Fsp3) is 0.846. The maximum absolute atomic E-state index is 4.09. The number of nitrogens with zero attached hydrogens (tertiary/aromatic N) is 4. The molecule has 0 bridgehead atoms. The van der Waals surface area contributed by atoms with Gasteiger partial charge in [0.1, 0.15) is 12.2 Å². The number of aryl methyl sites for hydroxylation is 1. The minimum absolute atomic E-state index is 0.630. The molecule has 5 heteroatoms. The van der Waals surface area contributed by atoms with Crippen molar-refractivity contribution < 1.29 is 0 Å². The van der Waals surface area contributed by atoms with Gasteiger partial charge in [0, 0.05) is 19.6 Å². The van der Waals surface area contributed by atoms with E-state index >= 15 is 0 Å². The molecule has 102 valence electrons. The van der Waals surface area contributed by atoms with Crippen molar-refractivity contribution in [3.05, 3.63) is 12.2 Å². The van der Waals surface area contributed by atoms with Gasteiger partial charge in [-0.2, -0.15) is 0 Å². The van der Waals surface area contributed by atoms with E-state index in [0.29, 0.717) is 6.04 Å². The zero-order valence-electron chi connectivity index (χ0n) is 11.8. The van der Waals surface area contributed by atoms with E-state index < -0.39 is 0 Å². The van der Waals surface area contributed by atoms with Crippen LogP contribution in [0.2, 0.25) is 0 Å². The van der Waals surface area contributed by atoms with Gasteiger partial charge in [0.05, 0.1) is 6.54 Å². The first-order valence-corrected chi connectivity index (χ1v) is 6.93. The number of rotatable bonds is 5. The fourth-order valence-corrected chi connectivity index (χ4v) is 2.54. The molecule has 1 aromatic heterocycles. The number of hydrogen-bond donors (Lipinski definition) is 1. The summed E-state index contributed by atoms with van der Waals surface area (Å²) in [5.41, 5.74) is 0. The van der Waals surface area contributed by atoms with Crippen LogP contribution in [-0.2, 0) is 13.6 Å². The Morgan fingerprint density at radius 1 is 1.39 bits per heavy atom. The highest BCUT2D eigenvalue weighted by atomic mass is 15.3. The van der Waals surface area contributed by atoms with Crippen LogP contribution >= 0.6 is 0 Å². The number of aromatic nitrogens is 3. The van der Waals surface area contributed by atoms with Crippen molar-refractivity contribution in [2.75, 3.05) is 19.6 Å². The Morgan fingerprint density at radius 2 is 2.11 bits per heavy atom. The molecule has 0 aliphatic carbocycles. The Kier molecular flexibility index (Phi) is 4.72. The standard InChI is InChI=1S/C13H25N5/c1-11(2)9-18-6-4-12(5-7-18)14-8-13-16-15-10-17(13)3/h10-12,14H,4-9H2,1-3H3. The van der Waals surface area contributed by atoms with Crippen molar-refractivity contribution >= 4 is 0 Å². The molecule has 0 unspecified atom stereocenters. The molecule has 2 rings (SSSR count). The summed E-state index contributed by atoms with van der Waals surface area (Å²) in [6, 6.07) is 0.630. The van der Waals surface area contributed by atoms with Gasteiger partial charge in [-0.15, -0.1) is 10.2 Å². The molecule has 0 spiro atoms. The van der Waals surface area contributed by atoms with E-state index in [-0.39, 0.29) is 0 Å². The van der Waals surface area contributed by atoms with E-state index in [2.05, 4.69) is 34.3 Å². The molecule has 0 saturated carbocycles. The third-order valence-corrected chi connectivity index (χ3v) is 3.56. The van der Waals surface area contributed by atoms with Crippen LogP contribution in [0.15, 0.2) is 6.33 Å². The third-order valence-electron chi connectivity index (χ3n) is 3.56.